The minimum absolute atomic E-state index is 0.203. The fourth-order valence-electron chi connectivity index (χ4n) is 2.02. The molecule has 0 spiro atoms. The standard InChI is InChI=1S/C16H14BrF2NO/c1-10-14(3-2-4-15(10)17)16(21)20-6-5-11-7-12(18)9-13(19)8-11/h2-4,7-9H,5-6H2,1H3,(H,20,21). The maximum absolute atomic E-state index is 13.0. The SMILES string of the molecule is Cc1c(Br)cccc1C(=O)NCCc1cc(F)cc(F)c1. The van der Waals surface area contributed by atoms with Gasteiger partial charge in [0.15, 0.2) is 0 Å². The van der Waals surface area contributed by atoms with E-state index in [1.807, 2.05) is 13.0 Å². The molecule has 0 saturated heterocycles. The topological polar surface area (TPSA) is 29.1 Å². The summed E-state index contributed by atoms with van der Waals surface area (Å²) in [6.45, 7) is 2.16. The minimum Gasteiger partial charge on any atom is -0.352 e. The van der Waals surface area contributed by atoms with Crippen molar-refractivity contribution < 1.29 is 13.6 Å². The zero-order chi connectivity index (χ0) is 15.4. The number of rotatable bonds is 4. The highest BCUT2D eigenvalue weighted by Gasteiger charge is 2.10. The molecule has 0 unspecified atom stereocenters. The molecule has 21 heavy (non-hydrogen) atoms. The predicted molar refractivity (Wildman–Crippen MR) is 81.3 cm³/mol. The molecule has 110 valence electrons. The van der Waals surface area contributed by atoms with Gasteiger partial charge >= 0.3 is 0 Å². The van der Waals surface area contributed by atoms with Crippen molar-refractivity contribution in [3.05, 3.63) is 69.2 Å². The molecule has 0 aliphatic rings. The monoisotopic (exact) mass is 353 g/mol. The van der Waals surface area contributed by atoms with Crippen LogP contribution in [0.1, 0.15) is 21.5 Å². The number of nitrogens with one attached hydrogen (secondary N) is 1. The molecule has 5 heteroatoms. The summed E-state index contributed by atoms with van der Waals surface area (Å²) < 4.78 is 27.0. The summed E-state index contributed by atoms with van der Waals surface area (Å²) in [5, 5.41) is 2.75. The Morgan fingerprint density at radius 3 is 2.52 bits per heavy atom. The zero-order valence-electron chi connectivity index (χ0n) is 11.4. The highest BCUT2D eigenvalue weighted by molar-refractivity contribution is 9.10. The number of carbonyl (C=O) groups excluding carboxylic acids is 1. The van der Waals surface area contributed by atoms with Crippen LogP contribution in [0.15, 0.2) is 40.9 Å². The van der Waals surface area contributed by atoms with Gasteiger partial charge in [0.25, 0.3) is 5.91 Å². The Morgan fingerprint density at radius 2 is 1.86 bits per heavy atom. The van der Waals surface area contributed by atoms with Crippen LogP contribution in [-0.4, -0.2) is 12.5 Å². The van der Waals surface area contributed by atoms with Crippen molar-refractivity contribution in [2.24, 2.45) is 0 Å². The molecule has 0 heterocycles. The molecule has 0 aliphatic carbocycles. The van der Waals surface area contributed by atoms with Gasteiger partial charge in [-0.2, -0.15) is 0 Å². The average molecular weight is 354 g/mol. The van der Waals surface area contributed by atoms with Gasteiger partial charge in [-0.1, -0.05) is 22.0 Å². The summed E-state index contributed by atoms with van der Waals surface area (Å²) in [6.07, 6.45) is 0.369. The first-order valence-electron chi connectivity index (χ1n) is 6.45. The van der Waals surface area contributed by atoms with Crippen LogP contribution in [0.3, 0.4) is 0 Å². The van der Waals surface area contributed by atoms with Gasteiger partial charge in [0.05, 0.1) is 0 Å². The predicted octanol–water partition coefficient (Wildman–Crippen LogP) is 4.01. The van der Waals surface area contributed by atoms with E-state index in [2.05, 4.69) is 21.2 Å². The fraction of sp³-hybridized carbons (Fsp3) is 0.188. The number of carbonyl (C=O) groups is 1. The Labute approximate surface area is 130 Å². The zero-order valence-corrected chi connectivity index (χ0v) is 13.0. The van der Waals surface area contributed by atoms with E-state index in [9.17, 15) is 13.6 Å². The Bertz CT molecular complexity index is 653. The van der Waals surface area contributed by atoms with E-state index >= 15 is 0 Å². The molecule has 0 atom stereocenters. The van der Waals surface area contributed by atoms with E-state index in [1.54, 1.807) is 12.1 Å². The number of benzene rings is 2. The summed E-state index contributed by atoms with van der Waals surface area (Å²) in [7, 11) is 0. The molecular weight excluding hydrogens is 340 g/mol. The summed E-state index contributed by atoms with van der Waals surface area (Å²) in [5.41, 5.74) is 1.94. The van der Waals surface area contributed by atoms with Crippen LogP contribution in [0.2, 0.25) is 0 Å². The van der Waals surface area contributed by atoms with Crippen LogP contribution in [0, 0.1) is 18.6 Å². The molecule has 0 radical (unpaired) electrons. The molecule has 2 aromatic carbocycles. The lowest BCUT2D eigenvalue weighted by Gasteiger charge is -2.09. The highest BCUT2D eigenvalue weighted by Crippen LogP contribution is 2.19. The molecule has 0 aromatic heterocycles. The Morgan fingerprint density at radius 1 is 1.19 bits per heavy atom. The van der Waals surface area contributed by atoms with Gasteiger partial charge in [0, 0.05) is 22.6 Å². The molecule has 0 fully saturated rings. The van der Waals surface area contributed by atoms with Crippen molar-refractivity contribution in [3.8, 4) is 0 Å². The number of hydrogen-bond donors (Lipinski definition) is 1. The van der Waals surface area contributed by atoms with Crippen molar-refractivity contribution in [2.45, 2.75) is 13.3 Å². The van der Waals surface area contributed by atoms with Crippen LogP contribution in [0.4, 0.5) is 8.78 Å². The second-order valence-electron chi connectivity index (χ2n) is 4.70. The van der Waals surface area contributed by atoms with Gasteiger partial charge in [-0.25, -0.2) is 8.78 Å². The summed E-state index contributed by atoms with van der Waals surface area (Å²) >= 11 is 3.37. The number of hydrogen-bond acceptors (Lipinski definition) is 1. The average Bonchev–Trinajstić information content (AvgIpc) is 2.40. The van der Waals surface area contributed by atoms with Crippen LogP contribution >= 0.6 is 15.9 Å². The molecule has 2 aromatic rings. The van der Waals surface area contributed by atoms with Gasteiger partial charge in [0.2, 0.25) is 0 Å². The maximum Gasteiger partial charge on any atom is 0.251 e. The Kier molecular flexibility index (Phi) is 5.07. The molecule has 2 rings (SSSR count). The van der Waals surface area contributed by atoms with Crippen molar-refractivity contribution >= 4 is 21.8 Å². The van der Waals surface area contributed by atoms with E-state index in [1.165, 1.54) is 12.1 Å². The van der Waals surface area contributed by atoms with Crippen LogP contribution in [0.25, 0.3) is 0 Å². The highest BCUT2D eigenvalue weighted by atomic mass is 79.9. The quantitative estimate of drug-likeness (QED) is 0.883. The Balaban J connectivity index is 1.97. The molecular formula is C16H14BrF2NO. The van der Waals surface area contributed by atoms with E-state index in [0.29, 0.717) is 24.1 Å². The van der Waals surface area contributed by atoms with Crippen LogP contribution in [-0.2, 0) is 6.42 Å². The molecule has 1 N–H and O–H groups in total. The summed E-state index contributed by atoms with van der Waals surface area (Å²) in [4.78, 5) is 12.1. The third-order valence-corrected chi connectivity index (χ3v) is 3.99. The maximum atomic E-state index is 13.0. The first-order valence-corrected chi connectivity index (χ1v) is 7.25. The molecule has 0 aliphatic heterocycles. The number of amides is 1. The first-order chi connectivity index (χ1) is 9.97. The third kappa shape index (κ3) is 4.11. The van der Waals surface area contributed by atoms with Gasteiger partial charge in [-0.15, -0.1) is 0 Å². The van der Waals surface area contributed by atoms with Crippen molar-refractivity contribution in [1.29, 1.82) is 0 Å². The second-order valence-corrected chi connectivity index (χ2v) is 5.55. The van der Waals surface area contributed by atoms with Gasteiger partial charge in [-0.3, -0.25) is 4.79 Å². The third-order valence-electron chi connectivity index (χ3n) is 3.13. The normalized spacial score (nSPS) is 10.5. The van der Waals surface area contributed by atoms with Gasteiger partial charge in [0.1, 0.15) is 11.6 Å². The van der Waals surface area contributed by atoms with Crippen molar-refractivity contribution in [1.82, 2.24) is 5.32 Å². The van der Waals surface area contributed by atoms with Gasteiger partial charge < -0.3 is 5.32 Å². The van der Waals surface area contributed by atoms with Crippen molar-refractivity contribution in [3.63, 3.8) is 0 Å². The lowest BCUT2D eigenvalue weighted by atomic mass is 10.1. The van der Waals surface area contributed by atoms with Gasteiger partial charge in [-0.05, 0) is 48.7 Å². The fourth-order valence-corrected chi connectivity index (χ4v) is 2.39. The van der Waals surface area contributed by atoms with E-state index in [0.717, 1.165) is 16.1 Å². The smallest absolute Gasteiger partial charge is 0.251 e. The lowest BCUT2D eigenvalue weighted by molar-refractivity contribution is 0.0953. The van der Waals surface area contributed by atoms with Crippen molar-refractivity contribution in [2.75, 3.05) is 6.54 Å². The summed E-state index contributed by atoms with van der Waals surface area (Å²) in [5.74, 6) is -1.43. The first kappa shape index (κ1) is 15.6. The van der Waals surface area contributed by atoms with E-state index < -0.39 is 11.6 Å². The Hall–Kier alpha value is -1.75. The van der Waals surface area contributed by atoms with E-state index in [-0.39, 0.29) is 5.91 Å². The molecule has 2 nitrogen and oxygen atoms in total. The van der Waals surface area contributed by atoms with Crippen LogP contribution < -0.4 is 5.32 Å². The molecule has 1 amide bonds. The summed E-state index contributed by atoms with van der Waals surface area (Å²) in [6, 6.07) is 8.74. The number of halogens is 3. The lowest BCUT2D eigenvalue weighted by Crippen LogP contribution is -2.26. The molecule has 0 saturated carbocycles. The van der Waals surface area contributed by atoms with Crippen LogP contribution in [0.5, 0.6) is 0 Å². The largest absolute Gasteiger partial charge is 0.352 e. The minimum atomic E-state index is -0.612. The molecule has 0 bridgehead atoms. The van der Waals surface area contributed by atoms with E-state index in [4.69, 9.17) is 0 Å². The second kappa shape index (κ2) is 6.80.